The van der Waals surface area contributed by atoms with Gasteiger partial charge in [0.05, 0.1) is 5.57 Å². The Balaban J connectivity index is 2.25. The van der Waals surface area contributed by atoms with E-state index in [1.807, 2.05) is 44.2 Å². The molecule has 2 aromatic rings. The number of benzene rings is 2. The summed E-state index contributed by atoms with van der Waals surface area (Å²) in [5, 5.41) is 13.2. The Bertz CT molecular complexity index is 796. The Morgan fingerprint density at radius 3 is 2.50 bits per heavy atom. The van der Waals surface area contributed by atoms with E-state index in [4.69, 9.17) is 11.6 Å². The van der Waals surface area contributed by atoms with Gasteiger partial charge in [0.2, 0.25) is 0 Å². The highest BCUT2D eigenvalue weighted by molar-refractivity contribution is 6.31. The lowest BCUT2D eigenvalue weighted by atomic mass is 9.81. The average Bonchev–Trinajstić information content (AvgIpc) is 2.48. The zero-order valence-electron chi connectivity index (χ0n) is 12.4. The molecule has 1 unspecified atom stereocenters. The molecule has 0 saturated heterocycles. The molecule has 3 rings (SSSR count). The number of aliphatic carboxylic acids is 1. The van der Waals surface area contributed by atoms with Gasteiger partial charge in [0.25, 0.3) is 0 Å². The molecule has 1 atom stereocenters. The molecule has 0 amide bonds. The molecule has 1 heterocycles. The third-order valence-electron chi connectivity index (χ3n) is 4.13. The highest BCUT2D eigenvalue weighted by atomic mass is 35.5. The Morgan fingerprint density at radius 1 is 1.14 bits per heavy atom. The summed E-state index contributed by atoms with van der Waals surface area (Å²) in [6.45, 7) is 4.07. The van der Waals surface area contributed by atoms with Crippen molar-refractivity contribution in [1.29, 1.82) is 0 Å². The van der Waals surface area contributed by atoms with E-state index in [-0.39, 0.29) is 5.92 Å². The fourth-order valence-electron chi connectivity index (χ4n) is 2.84. The van der Waals surface area contributed by atoms with Crippen molar-refractivity contribution in [1.82, 2.24) is 0 Å². The third kappa shape index (κ3) is 2.38. The first kappa shape index (κ1) is 14.7. The lowest BCUT2D eigenvalue weighted by molar-refractivity contribution is -0.132. The monoisotopic (exact) mass is 313 g/mol. The summed E-state index contributed by atoms with van der Waals surface area (Å²) in [6, 6.07) is 11.5. The van der Waals surface area contributed by atoms with Crippen LogP contribution in [0.3, 0.4) is 0 Å². The van der Waals surface area contributed by atoms with E-state index >= 15 is 0 Å². The van der Waals surface area contributed by atoms with Crippen molar-refractivity contribution in [3.05, 3.63) is 75.4 Å². The van der Waals surface area contributed by atoms with Gasteiger partial charge in [-0.05, 0) is 48.2 Å². The zero-order valence-corrected chi connectivity index (χ0v) is 13.1. The predicted octanol–water partition coefficient (Wildman–Crippen LogP) is 4.48. The van der Waals surface area contributed by atoms with Crippen molar-refractivity contribution in [2.45, 2.75) is 19.8 Å². The van der Waals surface area contributed by atoms with E-state index in [2.05, 4.69) is 5.32 Å². The summed E-state index contributed by atoms with van der Waals surface area (Å²) >= 11 is 6.32. The van der Waals surface area contributed by atoms with Crippen LogP contribution >= 0.6 is 11.6 Å². The van der Waals surface area contributed by atoms with Gasteiger partial charge in [0.15, 0.2) is 0 Å². The smallest absolute Gasteiger partial charge is 0.334 e. The maximum absolute atomic E-state index is 11.7. The van der Waals surface area contributed by atoms with Crippen LogP contribution in [0.1, 0.15) is 28.2 Å². The van der Waals surface area contributed by atoms with Crippen LogP contribution in [-0.2, 0) is 4.79 Å². The second-order valence-corrected chi connectivity index (χ2v) is 5.93. The minimum absolute atomic E-state index is 0.295. The molecule has 0 saturated carbocycles. The normalized spacial score (nSPS) is 16.5. The van der Waals surface area contributed by atoms with E-state index < -0.39 is 5.97 Å². The predicted molar refractivity (Wildman–Crippen MR) is 88.6 cm³/mol. The number of rotatable bonds is 2. The number of carboxylic acids is 1. The van der Waals surface area contributed by atoms with Crippen LogP contribution in [0.4, 0.5) is 5.69 Å². The second kappa shape index (κ2) is 5.50. The topological polar surface area (TPSA) is 49.3 Å². The Morgan fingerprint density at radius 2 is 1.82 bits per heavy atom. The molecule has 4 heteroatoms. The van der Waals surface area contributed by atoms with Crippen LogP contribution < -0.4 is 5.32 Å². The highest BCUT2D eigenvalue weighted by Crippen LogP contribution is 2.42. The summed E-state index contributed by atoms with van der Waals surface area (Å²) in [5.41, 5.74) is 5.27. The first-order valence-electron chi connectivity index (χ1n) is 7.04. The number of carbonyl (C=O) groups is 1. The number of carboxylic acid groups (broad SMARTS) is 1. The molecule has 0 aromatic heterocycles. The number of halogens is 1. The van der Waals surface area contributed by atoms with Gasteiger partial charge in [0.1, 0.15) is 0 Å². The fraction of sp³-hybridized carbons (Fsp3) is 0.167. The summed E-state index contributed by atoms with van der Waals surface area (Å²) in [6.07, 6.45) is 1.56. The quantitative estimate of drug-likeness (QED) is 0.859. The van der Waals surface area contributed by atoms with Gasteiger partial charge in [-0.15, -0.1) is 0 Å². The fourth-order valence-corrected chi connectivity index (χ4v) is 3.08. The van der Waals surface area contributed by atoms with Crippen molar-refractivity contribution in [3.63, 3.8) is 0 Å². The van der Waals surface area contributed by atoms with Crippen molar-refractivity contribution >= 4 is 23.3 Å². The minimum atomic E-state index is -0.943. The van der Waals surface area contributed by atoms with Crippen molar-refractivity contribution < 1.29 is 9.90 Å². The Hall–Kier alpha value is -2.26. The molecule has 3 nitrogen and oxygen atoms in total. The summed E-state index contributed by atoms with van der Waals surface area (Å²) in [4.78, 5) is 11.7. The van der Waals surface area contributed by atoms with Gasteiger partial charge in [0, 0.05) is 22.8 Å². The van der Waals surface area contributed by atoms with E-state index in [0.717, 1.165) is 27.9 Å². The SMILES string of the molecule is Cc1cc2c(cc1C)C(c1ccccc1Cl)C(C(=O)O)=CN2. The van der Waals surface area contributed by atoms with Gasteiger partial charge < -0.3 is 10.4 Å². The molecular weight excluding hydrogens is 298 g/mol. The number of hydrogen-bond acceptors (Lipinski definition) is 2. The molecular formula is C18H16ClNO2. The Labute approximate surface area is 134 Å². The minimum Gasteiger partial charge on any atom is -0.478 e. The molecule has 0 spiro atoms. The molecule has 0 radical (unpaired) electrons. The van der Waals surface area contributed by atoms with Crippen LogP contribution in [0.5, 0.6) is 0 Å². The van der Waals surface area contributed by atoms with Crippen LogP contribution in [0.15, 0.2) is 48.2 Å². The van der Waals surface area contributed by atoms with Crippen molar-refractivity contribution in [3.8, 4) is 0 Å². The van der Waals surface area contributed by atoms with Crippen LogP contribution in [0.25, 0.3) is 0 Å². The molecule has 112 valence electrons. The second-order valence-electron chi connectivity index (χ2n) is 5.53. The molecule has 0 bridgehead atoms. The van der Waals surface area contributed by atoms with Gasteiger partial charge in [-0.3, -0.25) is 0 Å². The molecule has 1 aliphatic heterocycles. The largest absolute Gasteiger partial charge is 0.478 e. The number of aryl methyl sites for hydroxylation is 2. The van der Waals surface area contributed by atoms with E-state index in [1.165, 1.54) is 0 Å². The van der Waals surface area contributed by atoms with E-state index in [1.54, 1.807) is 12.3 Å². The van der Waals surface area contributed by atoms with Crippen molar-refractivity contribution in [2.75, 3.05) is 5.32 Å². The van der Waals surface area contributed by atoms with Gasteiger partial charge in [-0.1, -0.05) is 35.9 Å². The highest BCUT2D eigenvalue weighted by Gasteiger charge is 2.31. The summed E-state index contributed by atoms with van der Waals surface area (Å²) in [5.74, 6) is -1.32. The zero-order chi connectivity index (χ0) is 15.9. The van der Waals surface area contributed by atoms with E-state index in [0.29, 0.717) is 10.6 Å². The lowest BCUT2D eigenvalue weighted by Crippen LogP contribution is -2.20. The first-order chi connectivity index (χ1) is 10.5. The molecule has 1 aliphatic rings. The van der Waals surface area contributed by atoms with Crippen LogP contribution in [0, 0.1) is 13.8 Å². The average molecular weight is 314 g/mol. The first-order valence-corrected chi connectivity index (χ1v) is 7.42. The third-order valence-corrected chi connectivity index (χ3v) is 4.48. The molecule has 0 aliphatic carbocycles. The number of hydrogen-bond donors (Lipinski definition) is 2. The molecule has 2 aromatic carbocycles. The molecule has 2 N–H and O–H groups in total. The maximum atomic E-state index is 11.7. The van der Waals surface area contributed by atoms with Crippen LogP contribution in [0.2, 0.25) is 5.02 Å². The van der Waals surface area contributed by atoms with Crippen LogP contribution in [-0.4, -0.2) is 11.1 Å². The van der Waals surface area contributed by atoms with Gasteiger partial charge in [-0.25, -0.2) is 4.79 Å². The standard InChI is InChI=1S/C18H16ClNO2/c1-10-7-13-16(8-11(10)2)20-9-14(18(21)22)17(13)12-5-3-4-6-15(12)19/h3-9,17,20H,1-2H3,(H,21,22). The molecule has 0 fully saturated rings. The van der Waals surface area contributed by atoms with Gasteiger partial charge in [-0.2, -0.15) is 0 Å². The van der Waals surface area contributed by atoms with Gasteiger partial charge >= 0.3 is 5.97 Å². The van der Waals surface area contributed by atoms with E-state index in [9.17, 15) is 9.90 Å². The Kier molecular flexibility index (Phi) is 3.67. The van der Waals surface area contributed by atoms with Crippen molar-refractivity contribution in [2.24, 2.45) is 0 Å². The number of nitrogens with one attached hydrogen (secondary N) is 1. The number of anilines is 1. The number of fused-ring (bicyclic) bond motifs is 1. The molecule has 22 heavy (non-hydrogen) atoms. The maximum Gasteiger partial charge on any atom is 0.334 e. The lowest BCUT2D eigenvalue weighted by Gasteiger charge is -2.28. The summed E-state index contributed by atoms with van der Waals surface area (Å²) in [7, 11) is 0. The summed E-state index contributed by atoms with van der Waals surface area (Å²) < 4.78 is 0.